The molecule has 4 aliphatic rings. The number of imidazole rings is 1. The number of esters is 2. The van der Waals surface area contributed by atoms with E-state index in [1.807, 2.05) is 6.92 Å². The third-order valence-corrected chi connectivity index (χ3v) is 11.0. The lowest BCUT2D eigenvalue weighted by molar-refractivity contribution is -0.173. The van der Waals surface area contributed by atoms with Gasteiger partial charge in [-0.05, 0) is 55.4 Å². The molecule has 0 radical (unpaired) electrons. The van der Waals surface area contributed by atoms with Gasteiger partial charge in [-0.3, -0.25) is 24.0 Å². The quantitative estimate of drug-likeness (QED) is 0.331. The van der Waals surface area contributed by atoms with Crippen molar-refractivity contribution in [2.24, 2.45) is 28.6 Å². The molecule has 12 heteroatoms. The topological polar surface area (TPSA) is 182 Å². The van der Waals surface area contributed by atoms with Crippen LogP contribution in [0.5, 0.6) is 0 Å². The lowest BCUT2D eigenvalue weighted by Gasteiger charge is -2.57. The first kappa shape index (κ1) is 31.7. The number of hydrogen-bond donors (Lipinski definition) is 3. The van der Waals surface area contributed by atoms with Crippen LogP contribution in [0.2, 0.25) is 0 Å². The van der Waals surface area contributed by atoms with E-state index in [9.17, 15) is 33.9 Å². The maximum absolute atomic E-state index is 13.8. The van der Waals surface area contributed by atoms with Crippen molar-refractivity contribution in [3.8, 4) is 0 Å². The van der Waals surface area contributed by atoms with Gasteiger partial charge in [-0.2, -0.15) is 0 Å². The van der Waals surface area contributed by atoms with Crippen LogP contribution in [-0.4, -0.2) is 75.6 Å². The number of ketones is 3. The molecule has 44 heavy (non-hydrogen) atoms. The number of hydrogen-bond acceptors (Lipinski definition) is 10. The zero-order chi connectivity index (χ0) is 31.9. The van der Waals surface area contributed by atoms with Gasteiger partial charge in [0, 0.05) is 48.9 Å². The molecular formula is C32H41N3O9. The summed E-state index contributed by atoms with van der Waals surface area (Å²) in [4.78, 5) is 83.1. The van der Waals surface area contributed by atoms with Crippen molar-refractivity contribution in [2.75, 3.05) is 13.7 Å². The number of rotatable bonds is 10. The number of aromatic amines is 1. The molecule has 0 aliphatic heterocycles. The van der Waals surface area contributed by atoms with Gasteiger partial charge < -0.3 is 24.9 Å². The number of carbonyl (C=O) groups is 6. The predicted molar refractivity (Wildman–Crippen MR) is 153 cm³/mol. The van der Waals surface area contributed by atoms with Crippen LogP contribution in [0.1, 0.15) is 77.3 Å². The molecule has 1 heterocycles. The Kier molecular flexibility index (Phi) is 8.67. The normalized spacial score (nSPS) is 33.3. The Labute approximate surface area is 255 Å². The number of allylic oxidation sites excluding steroid dienone is 1. The minimum Gasteiger partial charge on any atom is -0.467 e. The van der Waals surface area contributed by atoms with Crippen molar-refractivity contribution in [3.05, 3.63) is 29.9 Å². The molecule has 0 aromatic carbocycles. The second-order valence-corrected chi connectivity index (χ2v) is 13.3. The molecule has 0 spiro atoms. The highest BCUT2D eigenvalue weighted by Crippen LogP contribution is 2.66. The number of fused-ring (bicyclic) bond motifs is 5. The molecule has 1 aromatic rings. The highest BCUT2D eigenvalue weighted by Gasteiger charge is 2.68. The van der Waals surface area contributed by atoms with Crippen molar-refractivity contribution in [2.45, 2.75) is 89.7 Å². The highest BCUT2D eigenvalue weighted by atomic mass is 16.5. The van der Waals surface area contributed by atoms with Crippen molar-refractivity contribution in [3.63, 3.8) is 0 Å². The fourth-order valence-corrected chi connectivity index (χ4v) is 8.62. The Balaban J connectivity index is 1.17. The number of amides is 1. The van der Waals surface area contributed by atoms with E-state index in [-0.39, 0.29) is 66.8 Å². The lowest BCUT2D eigenvalue weighted by atomic mass is 9.46. The minimum atomic E-state index is -1.82. The Morgan fingerprint density at radius 3 is 2.61 bits per heavy atom. The van der Waals surface area contributed by atoms with Crippen LogP contribution in [0.4, 0.5) is 0 Å². The first-order chi connectivity index (χ1) is 20.8. The fourth-order valence-electron chi connectivity index (χ4n) is 8.62. The summed E-state index contributed by atoms with van der Waals surface area (Å²) in [6, 6.07) is -0.983. The molecule has 3 N–H and O–H groups in total. The van der Waals surface area contributed by atoms with Crippen LogP contribution in [0, 0.1) is 28.6 Å². The number of aliphatic hydroxyl groups is 1. The summed E-state index contributed by atoms with van der Waals surface area (Å²) >= 11 is 0. The van der Waals surface area contributed by atoms with Crippen LogP contribution in [0.25, 0.3) is 0 Å². The Morgan fingerprint density at radius 1 is 1.14 bits per heavy atom. The summed E-state index contributed by atoms with van der Waals surface area (Å²) in [5.74, 6) is -2.85. The second kappa shape index (κ2) is 12.0. The number of ether oxygens (including phenoxy) is 2. The summed E-state index contributed by atoms with van der Waals surface area (Å²) in [6.07, 6.45) is 7.50. The summed E-state index contributed by atoms with van der Waals surface area (Å²) in [5, 5.41) is 14.3. The van der Waals surface area contributed by atoms with E-state index in [4.69, 9.17) is 9.47 Å². The van der Waals surface area contributed by atoms with E-state index < -0.39 is 47.3 Å². The molecule has 238 valence electrons. The van der Waals surface area contributed by atoms with Gasteiger partial charge >= 0.3 is 11.9 Å². The van der Waals surface area contributed by atoms with Crippen LogP contribution in [0.3, 0.4) is 0 Å². The molecular weight excluding hydrogens is 570 g/mol. The Hall–Kier alpha value is -3.67. The van der Waals surface area contributed by atoms with Gasteiger partial charge in [-0.15, -0.1) is 0 Å². The van der Waals surface area contributed by atoms with Gasteiger partial charge in [0.2, 0.25) is 11.7 Å². The number of Topliss-reactive ketones (excluding diaryl/α,β-unsaturated/α-hetero) is 2. The van der Waals surface area contributed by atoms with E-state index in [2.05, 4.69) is 22.2 Å². The van der Waals surface area contributed by atoms with Crippen LogP contribution in [0.15, 0.2) is 24.2 Å². The second-order valence-electron chi connectivity index (χ2n) is 13.3. The average molecular weight is 612 g/mol. The molecule has 12 nitrogen and oxygen atoms in total. The van der Waals surface area contributed by atoms with E-state index in [0.717, 1.165) is 18.4 Å². The number of aromatic nitrogens is 2. The number of carbonyl (C=O) groups excluding carboxylic acids is 6. The first-order valence-corrected chi connectivity index (χ1v) is 15.3. The van der Waals surface area contributed by atoms with Gasteiger partial charge in [0.15, 0.2) is 12.4 Å². The minimum absolute atomic E-state index is 0.00146. The first-order valence-electron chi connectivity index (χ1n) is 15.3. The summed E-state index contributed by atoms with van der Waals surface area (Å²) in [7, 11) is 1.20. The SMILES string of the molecule is COC(=O)[C@H](Cc1cnc[nH]1)NC(=O)CCC(=O)OCC(=O)[C@@]1(O)CC[C@@H]2[C@H]3CCC4=CC(=O)CC[C@]4(C)[C@H]3C(=O)C[C@@]21C. The fraction of sp³-hybridized carbons (Fsp3) is 0.656. The van der Waals surface area contributed by atoms with Crippen LogP contribution in [-0.2, 0) is 44.7 Å². The van der Waals surface area contributed by atoms with E-state index in [1.165, 1.54) is 19.6 Å². The molecule has 3 saturated carbocycles. The summed E-state index contributed by atoms with van der Waals surface area (Å²) in [5.41, 5.74) is -1.53. The number of H-pyrrole nitrogens is 1. The van der Waals surface area contributed by atoms with Gasteiger partial charge in [-0.1, -0.05) is 19.4 Å². The van der Waals surface area contributed by atoms with Gasteiger partial charge in [0.05, 0.1) is 19.9 Å². The molecule has 1 amide bonds. The van der Waals surface area contributed by atoms with Gasteiger partial charge in [-0.25, -0.2) is 9.78 Å². The van der Waals surface area contributed by atoms with E-state index in [1.54, 1.807) is 6.08 Å². The third-order valence-electron chi connectivity index (χ3n) is 11.0. The molecule has 7 atom stereocenters. The van der Waals surface area contributed by atoms with Crippen molar-refractivity contribution in [1.82, 2.24) is 15.3 Å². The molecule has 5 rings (SSSR count). The molecule has 0 unspecified atom stereocenters. The molecule has 0 saturated heterocycles. The number of nitrogens with one attached hydrogen (secondary N) is 2. The highest BCUT2D eigenvalue weighted by molar-refractivity contribution is 5.95. The zero-order valence-corrected chi connectivity index (χ0v) is 25.5. The average Bonchev–Trinajstić information content (AvgIpc) is 3.60. The zero-order valence-electron chi connectivity index (χ0n) is 25.5. The number of nitrogens with zero attached hydrogens (tertiary/aromatic N) is 1. The van der Waals surface area contributed by atoms with Crippen molar-refractivity contribution >= 4 is 35.2 Å². The van der Waals surface area contributed by atoms with E-state index >= 15 is 0 Å². The smallest absolute Gasteiger partial charge is 0.328 e. The van der Waals surface area contributed by atoms with Crippen molar-refractivity contribution in [1.29, 1.82) is 0 Å². The number of methoxy groups -OCH3 is 1. The molecule has 0 bridgehead atoms. The summed E-state index contributed by atoms with van der Waals surface area (Å²) in [6.45, 7) is 3.23. The third kappa shape index (κ3) is 5.52. The predicted octanol–water partition coefficient (Wildman–Crippen LogP) is 1.94. The standard InChI is InChI=1S/C32H41N3O9/c1-30-10-8-20(36)12-18(30)4-5-21-22-9-11-32(42,31(22,2)14-24(37)28(21)30)25(38)16-44-27(40)7-6-26(39)35-23(29(41)43-3)13-19-15-33-17-34-19/h12,15,17,21-23,28,42H,4-11,13-14,16H2,1-3H3,(H,33,34)(H,35,39)/t21-,22-,23+,28-,30+,31+,32+/m1/s1. The van der Waals surface area contributed by atoms with Crippen LogP contribution >= 0.6 is 0 Å². The lowest BCUT2D eigenvalue weighted by Crippen LogP contribution is -2.61. The Bertz CT molecular complexity index is 1390. The maximum atomic E-state index is 13.8. The largest absolute Gasteiger partial charge is 0.467 e. The van der Waals surface area contributed by atoms with Crippen LogP contribution < -0.4 is 5.32 Å². The van der Waals surface area contributed by atoms with Gasteiger partial charge in [0.25, 0.3) is 0 Å². The van der Waals surface area contributed by atoms with E-state index in [0.29, 0.717) is 25.0 Å². The summed E-state index contributed by atoms with van der Waals surface area (Å²) < 4.78 is 9.94. The molecule has 1 aromatic heterocycles. The van der Waals surface area contributed by atoms with Gasteiger partial charge in [0.1, 0.15) is 17.4 Å². The molecule has 4 aliphatic carbocycles. The Morgan fingerprint density at radius 2 is 1.91 bits per heavy atom. The molecule has 3 fully saturated rings. The van der Waals surface area contributed by atoms with Crippen molar-refractivity contribution < 1.29 is 43.3 Å². The maximum Gasteiger partial charge on any atom is 0.328 e. The monoisotopic (exact) mass is 611 g/mol.